The van der Waals surface area contributed by atoms with E-state index in [0.29, 0.717) is 37.7 Å². The van der Waals surface area contributed by atoms with E-state index in [4.69, 9.17) is 0 Å². The quantitative estimate of drug-likeness (QED) is 0.626. The maximum atomic E-state index is 13.4. The van der Waals surface area contributed by atoms with Gasteiger partial charge in [0.1, 0.15) is 5.82 Å². The average molecular weight is 440 g/mol. The fraction of sp³-hybridized carbons (Fsp3) is 0.364. The lowest BCUT2D eigenvalue weighted by Crippen LogP contribution is -2.52. The third kappa shape index (κ3) is 3.85. The number of hydrogen-bond acceptors (Lipinski definition) is 5. The van der Waals surface area contributed by atoms with E-state index in [0.717, 1.165) is 24.1 Å². The van der Waals surface area contributed by atoms with Crippen molar-refractivity contribution in [3.63, 3.8) is 0 Å². The Hall–Kier alpha value is -3.07. The molecule has 0 spiro atoms. The van der Waals surface area contributed by atoms with Crippen molar-refractivity contribution in [1.82, 2.24) is 24.6 Å². The van der Waals surface area contributed by atoms with Crippen molar-refractivity contribution < 1.29 is 14.0 Å². The lowest BCUT2D eigenvalue weighted by molar-refractivity contribution is -0.139. The molecule has 9 heteroatoms. The standard InChI is InChI=1S/C22H22FN5O2S/c23-16-6-8-17(9-7-16)28-20(18-5-2-14-31-18)24-19(25-28)22(30)27-12-10-26(11-13-27)21(29)15-3-1-4-15/h2,5-9,14-15H,1,3-4,10-13H2. The molecule has 0 atom stereocenters. The van der Waals surface area contributed by atoms with E-state index >= 15 is 0 Å². The number of hydrogen-bond donors (Lipinski definition) is 0. The molecule has 3 heterocycles. The van der Waals surface area contributed by atoms with Crippen LogP contribution in [0.4, 0.5) is 4.39 Å². The Balaban J connectivity index is 1.36. The van der Waals surface area contributed by atoms with Gasteiger partial charge in [-0.15, -0.1) is 16.4 Å². The predicted octanol–water partition coefficient (Wildman–Crippen LogP) is 3.22. The fourth-order valence-corrected chi connectivity index (χ4v) is 4.61. The van der Waals surface area contributed by atoms with Crippen molar-refractivity contribution in [3.05, 3.63) is 53.4 Å². The van der Waals surface area contributed by atoms with Gasteiger partial charge in [0.05, 0.1) is 10.6 Å². The van der Waals surface area contributed by atoms with Crippen LogP contribution in [0.1, 0.15) is 29.9 Å². The Kier molecular flexibility index (Phi) is 5.27. The molecule has 2 fully saturated rings. The molecule has 5 rings (SSSR count). The van der Waals surface area contributed by atoms with E-state index in [1.54, 1.807) is 21.7 Å². The van der Waals surface area contributed by atoms with Crippen molar-refractivity contribution in [2.75, 3.05) is 26.2 Å². The number of amides is 2. The minimum atomic E-state index is -0.341. The molecule has 31 heavy (non-hydrogen) atoms. The first kappa shape index (κ1) is 19.9. The fourth-order valence-electron chi connectivity index (χ4n) is 3.92. The normalized spacial score (nSPS) is 16.9. The minimum Gasteiger partial charge on any atom is -0.339 e. The average Bonchev–Trinajstić information content (AvgIpc) is 3.42. The molecule has 1 aromatic carbocycles. The molecule has 0 unspecified atom stereocenters. The van der Waals surface area contributed by atoms with Crippen molar-refractivity contribution in [2.45, 2.75) is 19.3 Å². The van der Waals surface area contributed by atoms with Gasteiger partial charge < -0.3 is 9.80 Å². The Labute approximate surface area is 183 Å². The third-order valence-electron chi connectivity index (χ3n) is 5.94. The summed E-state index contributed by atoms with van der Waals surface area (Å²) in [6, 6.07) is 9.75. The first-order chi connectivity index (χ1) is 15.1. The number of benzene rings is 1. The van der Waals surface area contributed by atoms with E-state index in [2.05, 4.69) is 10.1 Å². The zero-order chi connectivity index (χ0) is 21.4. The number of halogens is 1. The highest BCUT2D eigenvalue weighted by Gasteiger charge is 2.33. The van der Waals surface area contributed by atoms with Crippen LogP contribution in [0.2, 0.25) is 0 Å². The van der Waals surface area contributed by atoms with Crippen molar-refractivity contribution in [1.29, 1.82) is 0 Å². The highest BCUT2D eigenvalue weighted by Crippen LogP contribution is 2.29. The van der Waals surface area contributed by atoms with Crippen LogP contribution in [0.25, 0.3) is 16.4 Å². The summed E-state index contributed by atoms with van der Waals surface area (Å²) < 4.78 is 15.0. The Morgan fingerprint density at radius 1 is 1.00 bits per heavy atom. The third-order valence-corrected chi connectivity index (χ3v) is 6.81. The van der Waals surface area contributed by atoms with Gasteiger partial charge in [0.15, 0.2) is 5.82 Å². The maximum absolute atomic E-state index is 13.4. The van der Waals surface area contributed by atoms with E-state index in [1.807, 2.05) is 22.4 Å². The van der Waals surface area contributed by atoms with Gasteiger partial charge in [0, 0.05) is 32.1 Å². The van der Waals surface area contributed by atoms with Crippen LogP contribution in [-0.4, -0.2) is 62.6 Å². The van der Waals surface area contributed by atoms with Gasteiger partial charge >= 0.3 is 0 Å². The second-order valence-corrected chi connectivity index (χ2v) is 8.82. The van der Waals surface area contributed by atoms with Crippen LogP contribution in [0.3, 0.4) is 0 Å². The van der Waals surface area contributed by atoms with Gasteiger partial charge in [-0.3, -0.25) is 9.59 Å². The van der Waals surface area contributed by atoms with Gasteiger partial charge in [0.25, 0.3) is 5.91 Å². The summed E-state index contributed by atoms with van der Waals surface area (Å²) in [4.78, 5) is 34.5. The van der Waals surface area contributed by atoms with Crippen LogP contribution in [0.15, 0.2) is 41.8 Å². The zero-order valence-corrected chi connectivity index (χ0v) is 17.7. The number of carbonyl (C=O) groups is 2. The summed E-state index contributed by atoms with van der Waals surface area (Å²) in [6.45, 7) is 2.02. The Bertz CT molecular complexity index is 1080. The van der Waals surface area contributed by atoms with Gasteiger partial charge in [-0.05, 0) is 48.6 Å². The molecule has 0 N–H and O–H groups in total. The summed E-state index contributed by atoms with van der Waals surface area (Å²) in [5.41, 5.74) is 0.632. The molecular weight excluding hydrogens is 417 g/mol. The molecule has 0 bridgehead atoms. The molecule has 2 amide bonds. The first-order valence-electron chi connectivity index (χ1n) is 10.4. The number of piperazine rings is 1. The molecule has 1 saturated heterocycles. The predicted molar refractivity (Wildman–Crippen MR) is 114 cm³/mol. The van der Waals surface area contributed by atoms with Crippen LogP contribution in [-0.2, 0) is 4.79 Å². The highest BCUT2D eigenvalue weighted by molar-refractivity contribution is 7.13. The van der Waals surface area contributed by atoms with Gasteiger partial charge in [-0.1, -0.05) is 12.5 Å². The van der Waals surface area contributed by atoms with Crippen molar-refractivity contribution >= 4 is 23.2 Å². The van der Waals surface area contributed by atoms with E-state index in [9.17, 15) is 14.0 Å². The topological polar surface area (TPSA) is 71.3 Å². The van der Waals surface area contributed by atoms with E-state index < -0.39 is 0 Å². The Morgan fingerprint density at radius 2 is 1.71 bits per heavy atom. The SMILES string of the molecule is O=C(c1nc(-c2cccs2)n(-c2ccc(F)cc2)n1)N1CCN(C(=O)C2CCC2)CC1. The first-order valence-corrected chi connectivity index (χ1v) is 11.3. The Morgan fingerprint density at radius 3 is 2.32 bits per heavy atom. The smallest absolute Gasteiger partial charge is 0.293 e. The maximum Gasteiger partial charge on any atom is 0.293 e. The number of aromatic nitrogens is 3. The van der Waals surface area contributed by atoms with Gasteiger partial charge in [-0.25, -0.2) is 14.1 Å². The summed E-state index contributed by atoms with van der Waals surface area (Å²) in [7, 11) is 0. The zero-order valence-electron chi connectivity index (χ0n) is 16.9. The summed E-state index contributed by atoms with van der Waals surface area (Å²) in [5.74, 6) is 0.442. The lowest BCUT2D eigenvalue weighted by atomic mass is 9.84. The van der Waals surface area contributed by atoms with Crippen LogP contribution >= 0.6 is 11.3 Å². The molecule has 2 aromatic heterocycles. The van der Waals surface area contributed by atoms with Gasteiger partial charge in [-0.2, -0.15) is 0 Å². The molecule has 1 saturated carbocycles. The number of carbonyl (C=O) groups excluding carboxylic acids is 2. The summed E-state index contributed by atoms with van der Waals surface area (Å²) in [6.07, 6.45) is 3.09. The van der Waals surface area contributed by atoms with Crippen molar-refractivity contribution in [2.24, 2.45) is 5.92 Å². The summed E-state index contributed by atoms with van der Waals surface area (Å²) in [5, 5.41) is 6.39. The summed E-state index contributed by atoms with van der Waals surface area (Å²) >= 11 is 1.50. The molecule has 0 radical (unpaired) electrons. The number of rotatable bonds is 4. The molecular formula is C22H22FN5O2S. The molecule has 1 aliphatic heterocycles. The van der Waals surface area contributed by atoms with Crippen LogP contribution < -0.4 is 0 Å². The molecule has 160 valence electrons. The van der Waals surface area contributed by atoms with Crippen LogP contribution in [0, 0.1) is 11.7 Å². The molecule has 2 aliphatic rings. The number of nitrogens with zero attached hydrogens (tertiary/aromatic N) is 5. The monoisotopic (exact) mass is 439 g/mol. The molecule has 7 nitrogen and oxygen atoms in total. The highest BCUT2D eigenvalue weighted by atomic mass is 32.1. The number of thiophene rings is 1. The second-order valence-electron chi connectivity index (χ2n) is 7.87. The largest absolute Gasteiger partial charge is 0.339 e. The second kappa shape index (κ2) is 8.22. The van der Waals surface area contributed by atoms with Gasteiger partial charge in [0.2, 0.25) is 11.7 Å². The van der Waals surface area contributed by atoms with Crippen molar-refractivity contribution in [3.8, 4) is 16.4 Å². The van der Waals surface area contributed by atoms with E-state index in [1.165, 1.54) is 23.5 Å². The molecule has 1 aliphatic carbocycles. The lowest BCUT2D eigenvalue weighted by Gasteiger charge is -2.37. The van der Waals surface area contributed by atoms with E-state index in [-0.39, 0.29) is 29.4 Å². The molecule has 3 aromatic rings. The van der Waals surface area contributed by atoms with Crippen LogP contribution in [0.5, 0.6) is 0 Å². The minimum absolute atomic E-state index is 0.103.